The fourth-order valence-electron chi connectivity index (χ4n) is 1.78. The largest absolute Gasteiger partial charge is 0.378 e. The van der Waals surface area contributed by atoms with Gasteiger partial charge in [0.2, 0.25) is 11.9 Å². The molecule has 1 aliphatic heterocycles. The molecule has 1 amide bonds. The number of carbonyl (C=O) groups is 1. The second kappa shape index (κ2) is 6.47. The standard InChI is InChI=1S/C13H20N4O2/c1-10(2)12(18)15-9-11-3-4-14-13(16-11)17-5-7-19-8-6-17/h3-4,10H,5-9H2,1-2H3,(H,15,18). The molecule has 0 radical (unpaired) electrons. The van der Waals surface area contributed by atoms with Crippen LogP contribution < -0.4 is 10.2 Å². The Morgan fingerprint density at radius 3 is 2.89 bits per heavy atom. The molecule has 1 saturated heterocycles. The predicted molar refractivity (Wildman–Crippen MR) is 71.7 cm³/mol. The van der Waals surface area contributed by atoms with E-state index in [1.807, 2.05) is 19.9 Å². The van der Waals surface area contributed by atoms with Gasteiger partial charge in [-0.3, -0.25) is 4.79 Å². The van der Waals surface area contributed by atoms with Crippen LogP contribution in [-0.2, 0) is 16.1 Å². The number of amides is 1. The zero-order valence-electron chi connectivity index (χ0n) is 11.4. The first-order valence-corrected chi connectivity index (χ1v) is 6.59. The van der Waals surface area contributed by atoms with Crippen LogP contribution in [0.1, 0.15) is 19.5 Å². The molecule has 0 spiro atoms. The zero-order valence-corrected chi connectivity index (χ0v) is 11.4. The molecule has 104 valence electrons. The average molecular weight is 264 g/mol. The molecule has 1 aromatic heterocycles. The molecular weight excluding hydrogens is 244 g/mol. The van der Waals surface area contributed by atoms with Gasteiger partial charge in [-0.25, -0.2) is 9.97 Å². The summed E-state index contributed by atoms with van der Waals surface area (Å²) in [7, 11) is 0. The lowest BCUT2D eigenvalue weighted by atomic mass is 10.2. The first-order valence-electron chi connectivity index (χ1n) is 6.59. The minimum Gasteiger partial charge on any atom is -0.378 e. The van der Waals surface area contributed by atoms with Crippen LogP contribution in [0.4, 0.5) is 5.95 Å². The van der Waals surface area contributed by atoms with Crippen LogP contribution in [0.15, 0.2) is 12.3 Å². The molecule has 0 bridgehead atoms. The Labute approximate surface area is 113 Å². The van der Waals surface area contributed by atoms with Crippen molar-refractivity contribution in [1.29, 1.82) is 0 Å². The summed E-state index contributed by atoms with van der Waals surface area (Å²) in [6, 6.07) is 1.82. The third-order valence-corrected chi connectivity index (χ3v) is 2.96. The lowest BCUT2D eigenvalue weighted by molar-refractivity contribution is -0.124. The number of hydrogen-bond acceptors (Lipinski definition) is 5. The predicted octanol–water partition coefficient (Wildman–Crippen LogP) is 0.585. The van der Waals surface area contributed by atoms with E-state index in [4.69, 9.17) is 4.74 Å². The highest BCUT2D eigenvalue weighted by Crippen LogP contribution is 2.09. The van der Waals surface area contributed by atoms with E-state index in [0.29, 0.717) is 25.7 Å². The van der Waals surface area contributed by atoms with Gasteiger partial charge in [-0.1, -0.05) is 13.8 Å². The smallest absolute Gasteiger partial charge is 0.225 e. The minimum absolute atomic E-state index is 0.0134. The van der Waals surface area contributed by atoms with Crippen LogP contribution in [0.3, 0.4) is 0 Å². The van der Waals surface area contributed by atoms with Crippen molar-refractivity contribution in [3.8, 4) is 0 Å². The summed E-state index contributed by atoms with van der Waals surface area (Å²) in [6.45, 7) is 7.21. The molecule has 0 saturated carbocycles. The molecule has 6 heteroatoms. The molecule has 2 rings (SSSR count). The van der Waals surface area contributed by atoms with Crippen molar-refractivity contribution in [2.75, 3.05) is 31.2 Å². The summed E-state index contributed by atoms with van der Waals surface area (Å²) >= 11 is 0. The Hall–Kier alpha value is -1.69. The summed E-state index contributed by atoms with van der Waals surface area (Å²) in [5.74, 6) is 0.728. The van der Waals surface area contributed by atoms with Crippen molar-refractivity contribution in [2.24, 2.45) is 5.92 Å². The lowest BCUT2D eigenvalue weighted by Crippen LogP contribution is -2.37. The maximum absolute atomic E-state index is 11.5. The lowest BCUT2D eigenvalue weighted by Gasteiger charge is -2.26. The number of rotatable bonds is 4. The first-order chi connectivity index (χ1) is 9.16. The highest BCUT2D eigenvalue weighted by atomic mass is 16.5. The van der Waals surface area contributed by atoms with Crippen molar-refractivity contribution in [3.63, 3.8) is 0 Å². The molecule has 6 nitrogen and oxygen atoms in total. The van der Waals surface area contributed by atoms with Gasteiger partial charge in [-0.2, -0.15) is 0 Å². The van der Waals surface area contributed by atoms with Crippen molar-refractivity contribution >= 4 is 11.9 Å². The number of anilines is 1. The normalized spacial score (nSPS) is 15.6. The number of hydrogen-bond donors (Lipinski definition) is 1. The summed E-state index contributed by atoms with van der Waals surface area (Å²) < 4.78 is 5.30. The van der Waals surface area contributed by atoms with E-state index in [9.17, 15) is 4.79 Å². The quantitative estimate of drug-likeness (QED) is 0.862. The molecule has 0 unspecified atom stereocenters. The molecular formula is C13H20N4O2. The summed E-state index contributed by atoms with van der Waals surface area (Å²) in [6.07, 6.45) is 1.73. The van der Waals surface area contributed by atoms with Crippen molar-refractivity contribution in [3.05, 3.63) is 18.0 Å². The molecule has 1 aliphatic rings. The van der Waals surface area contributed by atoms with Crippen LogP contribution in [0, 0.1) is 5.92 Å². The number of ether oxygens (including phenoxy) is 1. The van der Waals surface area contributed by atoms with Gasteiger partial charge >= 0.3 is 0 Å². The highest BCUT2D eigenvalue weighted by molar-refractivity contribution is 5.77. The molecule has 0 aliphatic carbocycles. The molecule has 1 fully saturated rings. The van der Waals surface area contributed by atoms with E-state index in [2.05, 4.69) is 20.2 Å². The Bertz CT molecular complexity index is 430. The molecule has 1 N–H and O–H groups in total. The third kappa shape index (κ3) is 3.89. The molecule has 0 atom stereocenters. The van der Waals surface area contributed by atoms with Crippen LogP contribution in [0.25, 0.3) is 0 Å². The molecule has 19 heavy (non-hydrogen) atoms. The number of carbonyl (C=O) groups excluding carboxylic acids is 1. The minimum atomic E-state index is -0.0134. The van der Waals surface area contributed by atoms with E-state index in [0.717, 1.165) is 18.8 Å². The van der Waals surface area contributed by atoms with E-state index >= 15 is 0 Å². The fourth-order valence-corrected chi connectivity index (χ4v) is 1.78. The van der Waals surface area contributed by atoms with Crippen molar-refractivity contribution in [1.82, 2.24) is 15.3 Å². The van der Waals surface area contributed by atoms with Crippen LogP contribution in [0.2, 0.25) is 0 Å². The number of aromatic nitrogens is 2. The highest BCUT2D eigenvalue weighted by Gasteiger charge is 2.14. The number of nitrogens with zero attached hydrogens (tertiary/aromatic N) is 3. The fraction of sp³-hybridized carbons (Fsp3) is 0.615. The van der Waals surface area contributed by atoms with Crippen LogP contribution >= 0.6 is 0 Å². The van der Waals surface area contributed by atoms with Gasteiger partial charge in [0.25, 0.3) is 0 Å². The van der Waals surface area contributed by atoms with Gasteiger partial charge in [0.15, 0.2) is 0 Å². The maximum Gasteiger partial charge on any atom is 0.225 e. The van der Waals surface area contributed by atoms with Gasteiger partial charge in [0.1, 0.15) is 0 Å². The second-order valence-corrected chi connectivity index (χ2v) is 4.82. The van der Waals surface area contributed by atoms with Crippen molar-refractivity contribution in [2.45, 2.75) is 20.4 Å². The van der Waals surface area contributed by atoms with E-state index in [1.165, 1.54) is 0 Å². The molecule has 2 heterocycles. The zero-order chi connectivity index (χ0) is 13.7. The van der Waals surface area contributed by atoms with E-state index in [1.54, 1.807) is 6.20 Å². The Morgan fingerprint density at radius 2 is 2.21 bits per heavy atom. The summed E-state index contributed by atoms with van der Waals surface area (Å²) in [5.41, 5.74) is 0.825. The summed E-state index contributed by atoms with van der Waals surface area (Å²) in [4.78, 5) is 22.4. The first kappa shape index (κ1) is 13.7. The van der Waals surface area contributed by atoms with Gasteiger partial charge in [0.05, 0.1) is 25.5 Å². The van der Waals surface area contributed by atoms with Crippen molar-refractivity contribution < 1.29 is 9.53 Å². The summed E-state index contributed by atoms with van der Waals surface area (Å²) in [5, 5.41) is 2.86. The second-order valence-electron chi connectivity index (χ2n) is 4.82. The Balaban J connectivity index is 1.96. The topological polar surface area (TPSA) is 67.4 Å². The van der Waals surface area contributed by atoms with Gasteiger partial charge in [-0.15, -0.1) is 0 Å². The van der Waals surface area contributed by atoms with E-state index < -0.39 is 0 Å². The third-order valence-electron chi connectivity index (χ3n) is 2.96. The Morgan fingerprint density at radius 1 is 1.47 bits per heavy atom. The monoisotopic (exact) mass is 264 g/mol. The van der Waals surface area contributed by atoms with Gasteiger partial charge in [0, 0.05) is 25.2 Å². The van der Waals surface area contributed by atoms with Crippen LogP contribution in [-0.4, -0.2) is 42.2 Å². The van der Waals surface area contributed by atoms with Crippen LogP contribution in [0.5, 0.6) is 0 Å². The number of nitrogens with one attached hydrogen (secondary N) is 1. The molecule has 0 aromatic carbocycles. The van der Waals surface area contributed by atoms with Gasteiger partial charge in [-0.05, 0) is 6.07 Å². The Kier molecular flexibility index (Phi) is 4.68. The van der Waals surface area contributed by atoms with E-state index in [-0.39, 0.29) is 11.8 Å². The average Bonchev–Trinajstić information content (AvgIpc) is 2.46. The maximum atomic E-state index is 11.5. The SMILES string of the molecule is CC(C)C(=O)NCc1ccnc(N2CCOCC2)n1. The molecule has 1 aromatic rings. The van der Waals surface area contributed by atoms with Gasteiger partial charge < -0.3 is 15.0 Å². The number of morpholine rings is 1.